The highest BCUT2D eigenvalue weighted by atomic mass is 35.5. The van der Waals surface area contributed by atoms with Gasteiger partial charge in [0, 0.05) is 18.4 Å². The Bertz CT molecular complexity index is 1150. The minimum absolute atomic E-state index is 0.0646. The van der Waals surface area contributed by atoms with Gasteiger partial charge in [-0.15, -0.1) is 0 Å². The third-order valence-corrected chi connectivity index (χ3v) is 4.88. The molecule has 1 heterocycles. The zero-order valence-electron chi connectivity index (χ0n) is 17.1. The molecule has 1 aromatic heterocycles. The third-order valence-electron chi connectivity index (χ3n) is 4.71. The number of hydrogen-bond acceptors (Lipinski definition) is 6. The van der Waals surface area contributed by atoms with Crippen LogP contribution in [0.1, 0.15) is 36.6 Å². The van der Waals surface area contributed by atoms with Crippen molar-refractivity contribution in [1.29, 1.82) is 0 Å². The second kappa shape index (κ2) is 8.58. The van der Waals surface area contributed by atoms with E-state index in [1.807, 2.05) is 0 Å². The summed E-state index contributed by atoms with van der Waals surface area (Å²) < 4.78 is 50.3. The van der Waals surface area contributed by atoms with Crippen molar-refractivity contribution in [3.63, 3.8) is 0 Å². The lowest BCUT2D eigenvalue weighted by Crippen LogP contribution is -2.14. The average Bonchev–Trinajstić information content (AvgIpc) is 2.66. The van der Waals surface area contributed by atoms with Crippen LogP contribution in [0.5, 0.6) is 11.5 Å². The fourth-order valence-electron chi connectivity index (χ4n) is 3.32. The number of methoxy groups -OCH3 is 1. The van der Waals surface area contributed by atoms with Crippen LogP contribution < -0.4 is 14.8 Å². The van der Waals surface area contributed by atoms with Gasteiger partial charge in [0.05, 0.1) is 24.2 Å². The van der Waals surface area contributed by atoms with Gasteiger partial charge in [-0.1, -0.05) is 12.1 Å². The zero-order chi connectivity index (χ0) is 22.9. The SMILES string of the molecule is COc1cc2nc(Cl)nc(NC(C)c3cccc(C(F)(F)F)c3C)c2cc1OC(C)=O. The Labute approximate surface area is 181 Å². The molecule has 0 spiro atoms. The van der Waals surface area contributed by atoms with Crippen LogP contribution in [0.15, 0.2) is 30.3 Å². The number of alkyl halides is 3. The lowest BCUT2D eigenvalue weighted by Gasteiger charge is -2.21. The first-order chi connectivity index (χ1) is 14.5. The molecule has 3 rings (SSSR count). The smallest absolute Gasteiger partial charge is 0.416 e. The maximum atomic E-state index is 13.3. The minimum Gasteiger partial charge on any atom is -0.493 e. The predicted molar refractivity (Wildman–Crippen MR) is 111 cm³/mol. The Kier molecular flexibility index (Phi) is 6.26. The maximum Gasteiger partial charge on any atom is 0.416 e. The fourth-order valence-corrected chi connectivity index (χ4v) is 3.50. The van der Waals surface area contributed by atoms with Crippen LogP contribution >= 0.6 is 11.6 Å². The molecule has 10 heteroatoms. The second-order valence-corrected chi connectivity index (χ2v) is 7.18. The topological polar surface area (TPSA) is 73.3 Å². The molecule has 2 aromatic carbocycles. The summed E-state index contributed by atoms with van der Waals surface area (Å²) in [6, 6.07) is 6.52. The number of hydrogen-bond donors (Lipinski definition) is 1. The number of carbonyl (C=O) groups is 1. The number of benzene rings is 2. The first-order valence-corrected chi connectivity index (χ1v) is 9.56. The van der Waals surface area contributed by atoms with Crippen LogP contribution in [0.25, 0.3) is 10.9 Å². The van der Waals surface area contributed by atoms with Crippen molar-refractivity contribution in [1.82, 2.24) is 9.97 Å². The maximum absolute atomic E-state index is 13.3. The van der Waals surface area contributed by atoms with Crippen molar-refractivity contribution >= 4 is 34.3 Å². The summed E-state index contributed by atoms with van der Waals surface area (Å²) in [6.45, 7) is 4.38. The van der Waals surface area contributed by atoms with E-state index in [-0.39, 0.29) is 28.2 Å². The largest absolute Gasteiger partial charge is 0.493 e. The van der Waals surface area contributed by atoms with Crippen LogP contribution in [0.2, 0.25) is 5.28 Å². The zero-order valence-corrected chi connectivity index (χ0v) is 17.9. The molecule has 0 aliphatic heterocycles. The molecule has 0 amide bonds. The Morgan fingerprint density at radius 3 is 2.52 bits per heavy atom. The number of aromatic nitrogens is 2. The lowest BCUT2D eigenvalue weighted by molar-refractivity contribution is -0.138. The number of esters is 1. The van der Waals surface area contributed by atoms with Crippen LogP contribution in [0.3, 0.4) is 0 Å². The molecule has 0 aliphatic carbocycles. The molecule has 0 fully saturated rings. The summed E-state index contributed by atoms with van der Waals surface area (Å²) in [5, 5.41) is 3.49. The van der Waals surface area contributed by atoms with E-state index in [9.17, 15) is 18.0 Å². The fraction of sp³-hybridized carbons (Fsp3) is 0.286. The highest BCUT2D eigenvalue weighted by molar-refractivity contribution is 6.28. The Morgan fingerprint density at radius 1 is 1.19 bits per heavy atom. The molecule has 3 aromatic rings. The summed E-state index contributed by atoms with van der Waals surface area (Å²) in [4.78, 5) is 19.8. The van der Waals surface area contributed by atoms with E-state index < -0.39 is 23.8 Å². The first-order valence-electron chi connectivity index (χ1n) is 9.18. The number of nitrogens with one attached hydrogen (secondary N) is 1. The van der Waals surface area contributed by atoms with Crippen LogP contribution in [0.4, 0.5) is 19.0 Å². The summed E-state index contributed by atoms with van der Waals surface area (Å²) in [5.74, 6) is 0.148. The van der Waals surface area contributed by atoms with Gasteiger partial charge in [-0.3, -0.25) is 4.79 Å². The van der Waals surface area contributed by atoms with E-state index in [1.165, 1.54) is 39.2 Å². The minimum atomic E-state index is -4.46. The summed E-state index contributed by atoms with van der Waals surface area (Å²) in [5.41, 5.74) is 0.266. The Morgan fingerprint density at radius 2 is 1.90 bits per heavy atom. The van der Waals surface area contributed by atoms with Crippen molar-refractivity contribution in [2.45, 2.75) is 33.0 Å². The van der Waals surface area contributed by atoms with Gasteiger partial charge in [0.2, 0.25) is 5.28 Å². The molecule has 164 valence electrons. The number of halogens is 4. The molecule has 31 heavy (non-hydrogen) atoms. The number of ether oxygens (including phenoxy) is 2. The van der Waals surface area contributed by atoms with Crippen molar-refractivity contribution in [2.75, 3.05) is 12.4 Å². The molecule has 1 atom stereocenters. The van der Waals surface area contributed by atoms with Crippen molar-refractivity contribution < 1.29 is 27.4 Å². The second-order valence-electron chi connectivity index (χ2n) is 6.84. The molecule has 1 N–H and O–H groups in total. The van der Waals surface area contributed by atoms with E-state index >= 15 is 0 Å². The number of anilines is 1. The van der Waals surface area contributed by atoms with E-state index in [2.05, 4.69) is 15.3 Å². The monoisotopic (exact) mass is 453 g/mol. The van der Waals surface area contributed by atoms with Gasteiger partial charge in [-0.2, -0.15) is 13.2 Å². The molecular formula is C21H19ClF3N3O3. The summed E-state index contributed by atoms with van der Waals surface area (Å²) in [6.07, 6.45) is -4.46. The number of rotatable bonds is 5. The third kappa shape index (κ3) is 4.82. The lowest BCUT2D eigenvalue weighted by atomic mass is 9.97. The van der Waals surface area contributed by atoms with Gasteiger partial charge in [-0.25, -0.2) is 9.97 Å². The van der Waals surface area contributed by atoms with Gasteiger partial charge in [-0.05, 0) is 48.7 Å². The van der Waals surface area contributed by atoms with E-state index in [4.69, 9.17) is 21.1 Å². The molecule has 0 bridgehead atoms. The van der Waals surface area contributed by atoms with Crippen LogP contribution in [0, 0.1) is 6.92 Å². The molecule has 0 saturated carbocycles. The van der Waals surface area contributed by atoms with Gasteiger partial charge >= 0.3 is 12.1 Å². The molecule has 0 radical (unpaired) electrons. The Balaban J connectivity index is 2.08. The number of fused-ring (bicyclic) bond motifs is 1. The highest BCUT2D eigenvalue weighted by Gasteiger charge is 2.33. The quantitative estimate of drug-likeness (QED) is 0.303. The van der Waals surface area contributed by atoms with Gasteiger partial charge in [0.15, 0.2) is 11.5 Å². The molecule has 6 nitrogen and oxygen atoms in total. The normalized spacial score (nSPS) is 12.5. The first kappa shape index (κ1) is 22.6. The summed E-state index contributed by atoms with van der Waals surface area (Å²) >= 11 is 6.05. The average molecular weight is 454 g/mol. The number of carbonyl (C=O) groups excluding carboxylic acids is 1. The van der Waals surface area contributed by atoms with Crippen molar-refractivity contribution in [2.24, 2.45) is 0 Å². The van der Waals surface area contributed by atoms with E-state index in [0.29, 0.717) is 16.5 Å². The summed E-state index contributed by atoms with van der Waals surface area (Å²) in [7, 11) is 1.41. The van der Waals surface area contributed by atoms with E-state index in [1.54, 1.807) is 13.0 Å². The molecule has 1 unspecified atom stereocenters. The number of nitrogens with zero attached hydrogens (tertiary/aromatic N) is 2. The molecule has 0 saturated heterocycles. The van der Waals surface area contributed by atoms with Gasteiger partial charge in [0.25, 0.3) is 0 Å². The van der Waals surface area contributed by atoms with Crippen molar-refractivity contribution in [3.8, 4) is 11.5 Å². The standard InChI is InChI=1S/C21H19ClF3N3O3/c1-10-13(6-5-7-15(10)21(23,24)25)11(2)26-19-14-8-18(31-12(3)29)17(30-4)9-16(14)27-20(22)28-19/h5-9,11H,1-4H3,(H,26,27,28). The van der Waals surface area contributed by atoms with Crippen LogP contribution in [-0.2, 0) is 11.0 Å². The van der Waals surface area contributed by atoms with Crippen LogP contribution in [-0.4, -0.2) is 23.0 Å². The Hall–Kier alpha value is -3.07. The van der Waals surface area contributed by atoms with E-state index in [0.717, 1.165) is 6.07 Å². The van der Waals surface area contributed by atoms with Gasteiger partial charge < -0.3 is 14.8 Å². The van der Waals surface area contributed by atoms with Gasteiger partial charge in [0.1, 0.15) is 5.82 Å². The molecular weight excluding hydrogens is 435 g/mol. The highest BCUT2D eigenvalue weighted by Crippen LogP contribution is 2.38. The predicted octanol–water partition coefficient (Wildman–Crippen LogP) is 5.72. The van der Waals surface area contributed by atoms with Crippen molar-refractivity contribution in [3.05, 3.63) is 52.3 Å². The molecule has 0 aliphatic rings.